The molecular weight excluding hydrogens is 496 g/mol. The first kappa shape index (κ1) is 29.1. The minimum atomic E-state index is -3.47. The van der Waals surface area contributed by atoms with Crippen LogP contribution in [0.15, 0.2) is 48.5 Å². The van der Waals surface area contributed by atoms with Gasteiger partial charge in [0.15, 0.2) is 0 Å². The fourth-order valence-corrected chi connectivity index (χ4v) is 4.40. The molecule has 0 radical (unpaired) electrons. The average molecular weight is 526 g/mol. The second-order valence-electron chi connectivity index (χ2n) is 8.24. The van der Waals surface area contributed by atoms with Gasteiger partial charge < -0.3 is 25.4 Å². The molecule has 3 atom stereocenters. The first-order chi connectivity index (χ1) is 16.9. The molecule has 0 saturated heterocycles. The summed E-state index contributed by atoms with van der Waals surface area (Å²) in [4.78, 5) is 33.9. The monoisotopic (exact) mass is 525 g/mol. The van der Waals surface area contributed by atoms with Crippen LogP contribution in [0.3, 0.4) is 0 Å². The number of methoxy groups -OCH3 is 1. The zero-order valence-corrected chi connectivity index (χ0v) is 20.6. The third-order valence-electron chi connectivity index (χ3n) is 5.44. The largest absolute Gasteiger partial charge is 0.497 e. The number of aliphatic hydroxyl groups excluding tert-OH is 1. The van der Waals surface area contributed by atoms with Gasteiger partial charge in [-0.05, 0) is 29.7 Å². The van der Waals surface area contributed by atoms with E-state index in [-0.39, 0.29) is 17.9 Å². The quantitative estimate of drug-likeness (QED) is 0.294. The van der Waals surface area contributed by atoms with Gasteiger partial charge >= 0.3 is 11.9 Å². The number of carboxylic acid groups (broad SMARTS) is 2. The van der Waals surface area contributed by atoms with E-state index in [2.05, 4.69) is 5.32 Å². The number of carboxylic acids is 2. The SMILES string of the molecule is COc1ccc(-c2ccc(C(F)(F)CC(CC(O)CSC(CNC(C)=O)C(=O)O)C(=O)O)cc2)cc1. The highest BCUT2D eigenvalue weighted by Crippen LogP contribution is 2.37. The molecule has 0 aliphatic carbocycles. The molecule has 2 aromatic carbocycles. The molecule has 0 saturated carbocycles. The first-order valence-corrected chi connectivity index (χ1v) is 12.1. The van der Waals surface area contributed by atoms with Crippen LogP contribution in [0.5, 0.6) is 5.75 Å². The second kappa shape index (κ2) is 13.2. The zero-order chi connectivity index (χ0) is 26.9. The van der Waals surface area contributed by atoms with E-state index in [9.17, 15) is 38.5 Å². The fourth-order valence-electron chi connectivity index (χ4n) is 3.47. The molecule has 2 rings (SSSR count). The number of aliphatic carboxylic acids is 2. The molecule has 0 aliphatic heterocycles. The molecule has 11 heteroatoms. The van der Waals surface area contributed by atoms with E-state index < -0.39 is 53.9 Å². The molecule has 0 fully saturated rings. The summed E-state index contributed by atoms with van der Waals surface area (Å²) in [5.74, 6) is -7.69. The predicted molar refractivity (Wildman–Crippen MR) is 131 cm³/mol. The van der Waals surface area contributed by atoms with Gasteiger partial charge in [0.25, 0.3) is 5.92 Å². The number of carbonyl (C=O) groups is 3. The summed E-state index contributed by atoms with van der Waals surface area (Å²) >= 11 is 0.797. The number of carbonyl (C=O) groups excluding carboxylic acids is 1. The van der Waals surface area contributed by atoms with Crippen molar-refractivity contribution < 1.29 is 43.2 Å². The third-order valence-corrected chi connectivity index (χ3v) is 6.79. The Kier molecular flexibility index (Phi) is 10.7. The van der Waals surface area contributed by atoms with Crippen LogP contribution in [0.2, 0.25) is 0 Å². The van der Waals surface area contributed by atoms with Gasteiger partial charge in [-0.25, -0.2) is 8.78 Å². The number of hydrogen-bond acceptors (Lipinski definition) is 6. The Morgan fingerprint density at radius 3 is 2.03 bits per heavy atom. The van der Waals surface area contributed by atoms with Crippen LogP contribution in [-0.4, -0.2) is 63.9 Å². The fraction of sp³-hybridized carbons (Fsp3) is 0.400. The lowest BCUT2D eigenvalue weighted by Gasteiger charge is -2.23. The molecule has 4 N–H and O–H groups in total. The highest BCUT2D eigenvalue weighted by Gasteiger charge is 2.38. The van der Waals surface area contributed by atoms with Crippen LogP contribution in [0.25, 0.3) is 11.1 Å². The number of alkyl halides is 2. The Morgan fingerprint density at radius 2 is 1.56 bits per heavy atom. The molecule has 36 heavy (non-hydrogen) atoms. The van der Waals surface area contributed by atoms with Crippen molar-refractivity contribution in [3.05, 3.63) is 54.1 Å². The Labute approximate surface area is 211 Å². The van der Waals surface area contributed by atoms with Crippen molar-refractivity contribution in [1.29, 1.82) is 0 Å². The number of benzene rings is 2. The molecule has 8 nitrogen and oxygen atoms in total. The molecule has 0 heterocycles. The lowest BCUT2D eigenvalue weighted by molar-refractivity contribution is -0.147. The topological polar surface area (TPSA) is 133 Å². The van der Waals surface area contributed by atoms with E-state index in [1.54, 1.807) is 24.3 Å². The predicted octanol–water partition coefficient (Wildman–Crippen LogP) is 3.62. The summed E-state index contributed by atoms with van der Waals surface area (Å²) in [5.41, 5.74) is 1.15. The molecular formula is C25H29F2NO7S. The smallest absolute Gasteiger partial charge is 0.318 e. The Balaban J connectivity index is 2.02. The average Bonchev–Trinajstić information content (AvgIpc) is 2.83. The summed E-state index contributed by atoms with van der Waals surface area (Å²) in [6, 6.07) is 12.6. The van der Waals surface area contributed by atoms with Gasteiger partial charge in [-0.1, -0.05) is 36.4 Å². The normalized spacial score (nSPS) is 13.9. The van der Waals surface area contributed by atoms with E-state index >= 15 is 0 Å². The van der Waals surface area contributed by atoms with E-state index in [1.807, 2.05) is 0 Å². The maximum atomic E-state index is 15.0. The maximum Gasteiger partial charge on any atom is 0.318 e. The zero-order valence-electron chi connectivity index (χ0n) is 19.8. The van der Waals surface area contributed by atoms with E-state index in [0.29, 0.717) is 11.3 Å². The minimum Gasteiger partial charge on any atom is -0.497 e. The van der Waals surface area contributed by atoms with Crippen molar-refractivity contribution in [2.45, 2.75) is 37.0 Å². The molecule has 0 aliphatic rings. The molecule has 3 unspecified atom stereocenters. The van der Waals surface area contributed by atoms with Crippen molar-refractivity contribution >= 4 is 29.6 Å². The summed E-state index contributed by atoms with van der Waals surface area (Å²) in [7, 11) is 1.54. The van der Waals surface area contributed by atoms with E-state index in [0.717, 1.165) is 17.3 Å². The van der Waals surface area contributed by atoms with Gasteiger partial charge in [-0.15, -0.1) is 11.8 Å². The molecule has 0 bridgehead atoms. The number of hydrogen-bond donors (Lipinski definition) is 4. The van der Waals surface area contributed by atoms with E-state index in [4.69, 9.17) is 4.74 Å². The number of nitrogens with one attached hydrogen (secondary N) is 1. The number of halogens is 2. The van der Waals surface area contributed by atoms with Crippen LogP contribution in [0.1, 0.15) is 25.3 Å². The lowest BCUT2D eigenvalue weighted by atomic mass is 9.91. The highest BCUT2D eigenvalue weighted by atomic mass is 32.2. The van der Waals surface area contributed by atoms with Crippen molar-refractivity contribution in [3.63, 3.8) is 0 Å². The van der Waals surface area contributed by atoms with Gasteiger partial charge in [-0.3, -0.25) is 14.4 Å². The number of thioether (sulfide) groups is 1. The molecule has 1 amide bonds. The van der Waals surface area contributed by atoms with Gasteiger partial charge in [0, 0.05) is 31.2 Å². The van der Waals surface area contributed by atoms with Crippen LogP contribution in [0, 0.1) is 5.92 Å². The van der Waals surface area contributed by atoms with Crippen molar-refractivity contribution in [2.24, 2.45) is 5.92 Å². The summed E-state index contributed by atoms with van der Waals surface area (Å²) in [6.07, 6.45) is -2.84. The Hall–Kier alpha value is -3.18. The van der Waals surface area contributed by atoms with Crippen LogP contribution in [-0.2, 0) is 20.3 Å². The Morgan fingerprint density at radius 1 is 1.00 bits per heavy atom. The van der Waals surface area contributed by atoms with Gasteiger partial charge in [0.2, 0.25) is 5.91 Å². The van der Waals surface area contributed by atoms with Gasteiger partial charge in [-0.2, -0.15) is 0 Å². The van der Waals surface area contributed by atoms with Crippen molar-refractivity contribution in [1.82, 2.24) is 5.32 Å². The van der Waals surface area contributed by atoms with Crippen LogP contribution >= 0.6 is 11.8 Å². The van der Waals surface area contributed by atoms with Gasteiger partial charge in [0.1, 0.15) is 11.0 Å². The van der Waals surface area contributed by atoms with Gasteiger partial charge in [0.05, 0.1) is 19.1 Å². The van der Waals surface area contributed by atoms with E-state index in [1.165, 1.54) is 38.3 Å². The van der Waals surface area contributed by atoms with Crippen LogP contribution in [0.4, 0.5) is 8.78 Å². The second-order valence-corrected chi connectivity index (χ2v) is 9.47. The summed E-state index contributed by atoms with van der Waals surface area (Å²) in [5, 5.41) is 30.2. The number of amides is 1. The van der Waals surface area contributed by atoms with Crippen molar-refractivity contribution in [2.75, 3.05) is 19.4 Å². The molecule has 0 aromatic heterocycles. The number of ether oxygens (including phenoxy) is 1. The van der Waals surface area contributed by atoms with Crippen molar-refractivity contribution in [3.8, 4) is 16.9 Å². The first-order valence-electron chi connectivity index (χ1n) is 11.1. The Bertz CT molecular complexity index is 1030. The summed E-state index contributed by atoms with van der Waals surface area (Å²) < 4.78 is 35.0. The van der Waals surface area contributed by atoms with Crippen LogP contribution < -0.4 is 10.1 Å². The highest BCUT2D eigenvalue weighted by molar-refractivity contribution is 8.00. The third kappa shape index (κ3) is 8.80. The standard InChI is InChI=1S/C25H29F2NO7S/c1-15(29)28-13-22(24(33)34)36-14-20(30)11-18(23(31)32)12-25(26,27)19-7-3-16(4-8-19)17-5-9-21(35-2)10-6-17/h3-10,18,20,22,30H,11-14H2,1-2H3,(H,28,29)(H,31,32)(H,33,34). The lowest BCUT2D eigenvalue weighted by Crippen LogP contribution is -2.35. The number of rotatable bonds is 14. The molecule has 2 aromatic rings. The molecule has 0 spiro atoms. The molecule has 196 valence electrons. The summed E-state index contributed by atoms with van der Waals surface area (Å²) in [6.45, 7) is 1.04. The number of aliphatic hydroxyl groups is 1. The maximum absolute atomic E-state index is 15.0. The minimum absolute atomic E-state index is 0.186.